The second-order valence-corrected chi connectivity index (χ2v) is 7.89. The highest BCUT2D eigenvalue weighted by Crippen LogP contribution is 2.28. The maximum absolute atomic E-state index is 13.5. The van der Waals surface area contributed by atoms with Crippen LogP contribution in [0.5, 0.6) is 5.75 Å². The number of carbonyl (C=O) groups is 3. The third-order valence-corrected chi connectivity index (χ3v) is 5.56. The van der Waals surface area contributed by atoms with Crippen molar-refractivity contribution in [2.24, 2.45) is 7.05 Å². The number of esters is 2. The summed E-state index contributed by atoms with van der Waals surface area (Å²) >= 11 is 0. The van der Waals surface area contributed by atoms with E-state index >= 15 is 0 Å². The van der Waals surface area contributed by atoms with Gasteiger partial charge in [0.15, 0.2) is 11.3 Å². The molecule has 0 saturated heterocycles. The lowest BCUT2D eigenvalue weighted by Gasteiger charge is -2.15. The van der Waals surface area contributed by atoms with Crippen LogP contribution in [-0.2, 0) is 18.2 Å². The van der Waals surface area contributed by atoms with E-state index in [4.69, 9.17) is 9.47 Å². The lowest BCUT2D eigenvalue weighted by Crippen LogP contribution is -2.28. The van der Waals surface area contributed by atoms with Crippen molar-refractivity contribution < 1.29 is 28.2 Å². The number of rotatable bonds is 7. The largest absolute Gasteiger partial charge is 0.462 e. The second-order valence-electron chi connectivity index (χ2n) is 7.89. The number of fused-ring (bicyclic) bond motifs is 1. The number of benzene rings is 2. The van der Waals surface area contributed by atoms with E-state index in [0.29, 0.717) is 17.4 Å². The van der Waals surface area contributed by atoms with E-state index in [1.807, 2.05) is 0 Å². The summed E-state index contributed by atoms with van der Waals surface area (Å²) < 4.78 is 25.3. The number of halogens is 1. The summed E-state index contributed by atoms with van der Waals surface area (Å²) in [5, 5.41) is 0. The first kappa shape index (κ1) is 24.5. The summed E-state index contributed by atoms with van der Waals surface area (Å²) in [4.78, 5) is 54.5. The van der Waals surface area contributed by atoms with Crippen molar-refractivity contribution >= 4 is 29.3 Å². The van der Waals surface area contributed by atoms with Gasteiger partial charge in [0.2, 0.25) is 0 Å². The minimum absolute atomic E-state index is 0.00913. The van der Waals surface area contributed by atoms with Crippen molar-refractivity contribution in [1.29, 1.82) is 0 Å². The predicted molar refractivity (Wildman–Crippen MR) is 129 cm³/mol. The standard InChI is InChI=1S/C27H21FN2O6/c1-3-35-27(34)22-24(36-26(33)17-7-5-4-6-8-17)23-21(30(2)25(22)32)12-16(14-29-23)11-18-9-10-20(28)13-19(18)15-31/h4-10,12-15H,3,11H2,1-2H3. The van der Waals surface area contributed by atoms with Crippen molar-refractivity contribution in [2.75, 3.05) is 6.61 Å². The molecule has 0 aliphatic carbocycles. The summed E-state index contributed by atoms with van der Waals surface area (Å²) in [6, 6.07) is 13.6. The Labute approximate surface area is 204 Å². The fraction of sp³-hybridized carbons (Fsp3) is 0.148. The van der Waals surface area contributed by atoms with Gasteiger partial charge in [-0.05, 0) is 54.8 Å². The van der Waals surface area contributed by atoms with Gasteiger partial charge in [0.05, 0.1) is 17.7 Å². The van der Waals surface area contributed by atoms with E-state index < -0.39 is 28.9 Å². The van der Waals surface area contributed by atoms with Crippen molar-refractivity contribution in [2.45, 2.75) is 13.3 Å². The van der Waals surface area contributed by atoms with Crippen LogP contribution in [0.1, 0.15) is 49.1 Å². The molecule has 0 unspecified atom stereocenters. The van der Waals surface area contributed by atoms with E-state index in [9.17, 15) is 23.6 Å². The van der Waals surface area contributed by atoms with Gasteiger partial charge in [0.25, 0.3) is 5.56 Å². The smallest absolute Gasteiger partial charge is 0.347 e. The van der Waals surface area contributed by atoms with Gasteiger partial charge in [-0.1, -0.05) is 24.3 Å². The van der Waals surface area contributed by atoms with E-state index in [2.05, 4.69) is 4.98 Å². The number of aromatic nitrogens is 2. The monoisotopic (exact) mass is 488 g/mol. The molecule has 0 atom stereocenters. The minimum atomic E-state index is -0.941. The number of ether oxygens (including phenoxy) is 2. The highest BCUT2D eigenvalue weighted by molar-refractivity contribution is 6.01. The molecule has 2 heterocycles. The number of nitrogens with zero attached hydrogens (tertiary/aromatic N) is 2. The summed E-state index contributed by atoms with van der Waals surface area (Å²) in [6.07, 6.45) is 2.26. The Morgan fingerprint density at radius 3 is 2.53 bits per heavy atom. The average Bonchev–Trinajstić information content (AvgIpc) is 2.88. The molecule has 0 radical (unpaired) electrons. The number of carbonyl (C=O) groups excluding carboxylic acids is 3. The molecule has 0 spiro atoms. The topological polar surface area (TPSA) is 105 Å². The lowest BCUT2D eigenvalue weighted by molar-refractivity contribution is 0.0518. The third kappa shape index (κ3) is 4.76. The van der Waals surface area contributed by atoms with Crippen LogP contribution in [0.3, 0.4) is 0 Å². The Morgan fingerprint density at radius 1 is 1.08 bits per heavy atom. The molecule has 0 amide bonds. The summed E-state index contributed by atoms with van der Waals surface area (Å²) in [7, 11) is 1.45. The van der Waals surface area contributed by atoms with Gasteiger partial charge in [-0.2, -0.15) is 0 Å². The molecule has 0 bridgehead atoms. The Morgan fingerprint density at radius 2 is 1.83 bits per heavy atom. The Kier molecular flexibility index (Phi) is 7.00. The minimum Gasteiger partial charge on any atom is -0.462 e. The molecule has 0 aliphatic rings. The van der Waals surface area contributed by atoms with Crippen LogP contribution in [-0.4, -0.2) is 34.4 Å². The molecule has 4 aromatic rings. The van der Waals surface area contributed by atoms with E-state index in [1.165, 1.54) is 42.1 Å². The van der Waals surface area contributed by atoms with Gasteiger partial charge < -0.3 is 14.0 Å². The third-order valence-electron chi connectivity index (χ3n) is 5.56. The van der Waals surface area contributed by atoms with Crippen LogP contribution in [0.25, 0.3) is 11.0 Å². The van der Waals surface area contributed by atoms with E-state index in [-0.39, 0.29) is 40.9 Å². The first-order valence-corrected chi connectivity index (χ1v) is 11.0. The zero-order valence-corrected chi connectivity index (χ0v) is 19.5. The van der Waals surface area contributed by atoms with Crippen molar-refractivity contribution in [3.05, 3.63) is 105 Å². The summed E-state index contributed by atoms with van der Waals surface area (Å²) in [5.41, 5.74) is 0.797. The number of aryl methyl sites for hydroxylation is 1. The number of hydrogen-bond donors (Lipinski definition) is 0. The van der Waals surface area contributed by atoms with Gasteiger partial charge in [0.1, 0.15) is 17.6 Å². The van der Waals surface area contributed by atoms with Crippen LogP contribution in [0.4, 0.5) is 4.39 Å². The molecule has 4 rings (SSSR count). The maximum atomic E-state index is 13.5. The quantitative estimate of drug-likeness (QED) is 0.287. The molecule has 8 nitrogen and oxygen atoms in total. The van der Waals surface area contributed by atoms with Crippen LogP contribution in [0.2, 0.25) is 0 Å². The molecule has 2 aromatic heterocycles. The van der Waals surface area contributed by atoms with Gasteiger partial charge >= 0.3 is 11.9 Å². The molecule has 2 aromatic carbocycles. The maximum Gasteiger partial charge on any atom is 0.347 e. The number of aldehydes is 1. The Balaban J connectivity index is 1.86. The molecule has 36 heavy (non-hydrogen) atoms. The van der Waals surface area contributed by atoms with Crippen LogP contribution in [0, 0.1) is 5.82 Å². The molecule has 9 heteroatoms. The highest BCUT2D eigenvalue weighted by Gasteiger charge is 2.27. The second kappa shape index (κ2) is 10.3. The highest BCUT2D eigenvalue weighted by atomic mass is 19.1. The van der Waals surface area contributed by atoms with Crippen molar-refractivity contribution in [3.63, 3.8) is 0 Å². The number of pyridine rings is 2. The van der Waals surface area contributed by atoms with Crippen LogP contribution < -0.4 is 10.3 Å². The summed E-state index contributed by atoms with van der Waals surface area (Å²) in [6.45, 7) is 1.60. The Bertz CT molecular complexity index is 1550. The first-order chi connectivity index (χ1) is 17.3. The van der Waals surface area contributed by atoms with Crippen LogP contribution in [0.15, 0.2) is 65.6 Å². The average molecular weight is 488 g/mol. The van der Waals surface area contributed by atoms with Gasteiger partial charge in [-0.3, -0.25) is 14.6 Å². The Hall–Kier alpha value is -4.66. The SMILES string of the molecule is CCOC(=O)c1c(OC(=O)c2ccccc2)c2ncc(Cc3ccc(F)cc3C=O)cc2n(C)c1=O. The van der Waals surface area contributed by atoms with Crippen molar-refractivity contribution in [3.8, 4) is 5.75 Å². The fourth-order valence-electron chi connectivity index (χ4n) is 3.78. The molecular weight excluding hydrogens is 467 g/mol. The van der Waals surface area contributed by atoms with Crippen molar-refractivity contribution in [1.82, 2.24) is 9.55 Å². The van der Waals surface area contributed by atoms with Crippen LogP contribution >= 0.6 is 0 Å². The zero-order chi connectivity index (χ0) is 25.8. The number of hydrogen-bond acceptors (Lipinski definition) is 7. The predicted octanol–water partition coefficient (Wildman–Crippen LogP) is 3.87. The molecule has 0 N–H and O–H groups in total. The molecule has 182 valence electrons. The lowest BCUT2D eigenvalue weighted by atomic mass is 10.0. The van der Waals surface area contributed by atoms with E-state index in [1.54, 1.807) is 31.2 Å². The summed E-state index contributed by atoms with van der Waals surface area (Å²) in [5.74, 6) is -2.55. The van der Waals surface area contributed by atoms with Gasteiger partial charge in [-0.25, -0.2) is 14.0 Å². The molecule has 0 saturated carbocycles. The molecule has 0 fully saturated rings. The van der Waals surface area contributed by atoms with Gasteiger partial charge in [-0.15, -0.1) is 0 Å². The normalized spacial score (nSPS) is 10.8. The van der Waals surface area contributed by atoms with Gasteiger partial charge in [0, 0.05) is 18.8 Å². The molecule has 0 aliphatic heterocycles. The fourth-order valence-corrected chi connectivity index (χ4v) is 3.78. The first-order valence-electron chi connectivity index (χ1n) is 11.0. The zero-order valence-electron chi connectivity index (χ0n) is 19.5. The molecular formula is C27H21FN2O6. The van der Waals surface area contributed by atoms with E-state index in [0.717, 1.165) is 6.07 Å².